The molecule has 3 heteroatoms. The van der Waals surface area contributed by atoms with Crippen LogP contribution in [0.3, 0.4) is 0 Å². The third-order valence-electron chi connectivity index (χ3n) is 3.34. The molecule has 0 amide bonds. The number of rotatable bonds is 4. The van der Waals surface area contributed by atoms with Crippen molar-refractivity contribution >= 4 is 5.69 Å². The normalized spacial score (nSPS) is 16.0. The molecule has 1 aromatic carbocycles. The first-order chi connectivity index (χ1) is 8.36. The van der Waals surface area contributed by atoms with Gasteiger partial charge in [-0.3, -0.25) is 0 Å². The van der Waals surface area contributed by atoms with E-state index in [0.717, 1.165) is 25.4 Å². The van der Waals surface area contributed by atoms with Crippen LogP contribution >= 0.6 is 0 Å². The predicted molar refractivity (Wildman–Crippen MR) is 71.8 cm³/mol. The second-order valence-corrected chi connectivity index (χ2v) is 4.55. The van der Waals surface area contributed by atoms with Crippen molar-refractivity contribution in [3.05, 3.63) is 23.8 Å². The third kappa shape index (κ3) is 2.72. The van der Waals surface area contributed by atoms with E-state index in [1.807, 2.05) is 7.05 Å². The maximum absolute atomic E-state index is 5.52. The molecule has 1 saturated heterocycles. The first-order valence-electron chi connectivity index (χ1n) is 6.42. The molecule has 0 aromatic heterocycles. The zero-order valence-corrected chi connectivity index (χ0v) is 10.8. The van der Waals surface area contributed by atoms with E-state index in [2.05, 4.69) is 28.4 Å². The quantitative estimate of drug-likeness (QED) is 0.866. The van der Waals surface area contributed by atoms with Gasteiger partial charge in [0.2, 0.25) is 0 Å². The van der Waals surface area contributed by atoms with Crippen molar-refractivity contribution in [1.29, 1.82) is 0 Å². The van der Waals surface area contributed by atoms with E-state index in [1.54, 1.807) is 7.11 Å². The van der Waals surface area contributed by atoms with Crippen LogP contribution in [0.15, 0.2) is 18.2 Å². The Morgan fingerprint density at radius 2 is 2.00 bits per heavy atom. The number of piperidine rings is 1. The van der Waals surface area contributed by atoms with Crippen LogP contribution < -0.4 is 15.0 Å². The third-order valence-corrected chi connectivity index (χ3v) is 3.34. The average Bonchev–Trinajstić information content (AvgIpc) is 2.40. The lowest BCUT2D eigenvalue weighted by molar-refractivity contribution is 0.412. The highest BCUT2D eigenvalue weighted by molar-refractivity contribution is 5.64. The fourth-order valence-corrected chi connectivity index (χ4v) is 2.54. The summed E-state index contributed by atoms with van der Waals surface area (Å²) in [4.78, 5) is 2.47. The topological polar surface area (TPSA) is 24.5 Å². The molecule has 17 heavy (non-hydrogen) atoms. The lowest BCUT2D eigenvalue weighted by atomic mass is 10.1. The zero-order valence-electron chi connectivity index (χ0n) is 10.8. The molecule has 2 rings (SSSR count). The Balaban J connectivity index is 2.32. The molecule has 0 saturated carbocycles. The maximum Gasteiger partial charge on any atom is 0.142 e. The average molecular weight is 234 g/mol. The molecule has 0 bridgehead atoms. The van der Waals surface area contributed by atoms with E-state index in [0.29, 0.717) is 0 Å². The highest BCUT2D eigenvalue weighted by Crippen LogP contribution is 2.33. The highest BCUT2D eigenvalue weighted by Gasteiger charge is 2.18. The second-order valence-electron chi connectivity index (χ2n) is 4.55. The summed E-state index contributed by atoms with van der Waals surface area (Å²) in [5.41, 5.74) is 2.61. The first-order valence-corrected chi connectivity index (χ1v) is 6.42. The van der Waals surface area contributed by atoms with Gasteiger partial charge in [-0.1, -0.05) is 12.1 Å². The van der Waals surface area contributed by atoms with E-state index in [-0.39, 0.29) is 0 Å². The molecule has 0 atom stereocenters. The summed E-state index contributed by atoms with van der Waals surface area (Å²) in [6.45, 7) is 3.19. The van der Waals surface area contributed by atoms with Crippen LogP contribution in [0.1, 0.15) is 24.8 Å². The molecule has 1 heterocycles. The first kappa shape index (κ1) is 12.2. The number of nitrogens with zero attached hydrogens (tertiary/aromatic N) is 1. The van der Waals surface area contributed by atoms with Gasteiger partial charge in [0.1, 0.15) is 5.75 Å². The minimum atomic E-state index is 0.892. The fourth-order valence-electron chi connectivity index (χ4n) is 2.54. The number of nitrogens with one attached hydrogen (secondary N) is 1. The second kappa shape index (κ2) is 5.92. The van der Waals surface area contributed by atoms with E-state index < -0.39 is 0 Å². The molecule has 3 nitrogen and oxygen atoms in total. The summed E-state index contributed by atoms with van der Waals surface area (Å²) in [5.74, 6) is 1.000. The van der Waals surface area contributed by atoms with Gasteiger partial charge in [0, 0.05) is 19.6 Å². The minimum absolute atomic E-state index is 0.892. The molecule has 0 aliphatic carbocycles. The van der Waals surface area contributed by atoms with Crippen molar-refractivity contribution in [2.24, 2.45) is 0 Å². The largest absolute Gasteiger partial charge is 0.495 e. The molecular weight excluding hydrogens is 212 g/mol. The van der Waals surface area contributed by atoms with Crippen LogP contribution in [-0.4, -0.2) is 27.2 Å². The fraction of sp³-hybridized carbons (Fsp3) is 0.571. The van der Waals surface area contributed by atoms with Gasteiger partial charge in [-0.2, -0.15) is 0 Å². The summed E-state index contributed by atoms with van der Waals surface area (Å²) in [6, 6.07) is 6.31. The standard InChI is InChI=1S/C14H22N2O/c1-15-11-12-7-6-8-13(17-2)14(12)16-9-4-3-5-10-16/h6-8,15H,3-5,9-11H2,1-2H3. The summed E-state index contributed by atoms with van der Waals surface area (Å²) < 4.78 is 5.52. The van der Waals surface area contributed by atoms with Crippen molar-refractivity contribution in [3.8, 4) is 5.75 Å². The molecule has 0 unspecified atom stereocenters. The minimum Gasteiger partial charge on any atom is -0.495 e. The monoisotopic (exact) mass is 234 g/mol. The molecule has 1 aromatic rings. The van der Waals surface area contributed by atoms with Gasteiger partial charge in [0.05, 0.1) is 12.8 Å². The Morgan fingerprint density at radius 3 is 2.65 bits per heavy atom. The van der Waals surface area contributed by atoms with Crippen molar-refractivity contribution < 1.29 is 4.74 Å². The highest BCUT2D eigenvalue weighted by atomic mass is 16.5. The van der Waals surface area contributed by atoms with Gasteiger partial charge in [0.15, 0.2) is 0 Å². The number of hydrogen-bond acceptors (Lipinski definition) is 3. The number of anilines is 1. The summed E-state index contributed by atoms with van der Waals surface area (Å²) in [7, 11) is 3.74. The van der Waals surface area contributed by atoms with Gasteiger partial charge < -0.3 is 15.0 Å². The van der Waals surface area contributed by atoms with Gasteiger partial charge in [0.25, 0.3) is 0 Å². The van der Waals surface area contributed by atoms with Gasteiger partial charge in [-0.25, -0.2) is 0 Å². The number of hydrogen-bond donors (Lipinski definition) is 1. The Morgan fingerprint density at radius 1 is 1.24 bits per heavy atom. The zero-order chi connectivity index (χ0) is 12.1. The lowest BCUT2D eigenvalue weighted by Crippen LogP contribution is -2.31. The molecule has 0 radical (unpaired) electrons. The summed E-state index contributed by atoms with van der Waals surface area (Å²) in [6.07, 6.45) is 3.93. The van der Waals surface area contributed by atoms with E-state index in [4.69, 9.17) is 4.74 Å². The van der Waals surface area contributed by atoms with E-state index in [9.17, 15) is 0 Å². The van der Waals surface area contributed by atoms with Crippen LogP contribution in [0.5, 0.6) is 5.75 Å². The molecule has 0 spiro atoms. The van der Waals surface area contributed by atoms with Crippen molar-refractivity contribution in [2.45, 2.75) is 25.8 Å². The van der Waals surface area contributed by atoms with Crippen LogP contribution in [0.4, 0.5) is 5.69 Å². The van der Waals surface area contributed by atoms with E-state index >= 15 is 0 Å². The van der Waals surface area contributed by atoms with Gasteiger partial charge in [-0.05, 0) is 37.9 Å². The Labute approximate surface area is 104 Å². The number of ether oxygens (including phenoxy) is 1. The number of methoxy groups -OCH3 is 1. The lowest BCUT2D eigenvalue weighted by Gasteiger charge is -2.31. The number of benzene rings is 1. The van der Waals surface area contributed by atoms with Crippen LogP contribution in [0, 0.1) is 0 Å². The van der Waals surface area contributed by atoms with Crippen LogP contribution in [-0.2, 0) is 6.54 Å². The molecule has 1 aliphatic heterocycles. The van der Waals surface area contributed by atoms with E-state index in [1.165, 1.54) is 30.5 Å². The summed E-state index contributed by atoms with van der Waals surface area (Å²) in [5, 5.41) is 3.23. The molecular formula is C14H22N2O. The van der Waals surface area contributed by atoms with Crippen molar-refractivity contribution in [3.63, 3.8) is 0 Å². The Hall–Kier alpha value is -1.22. The van der Waals surface area contributed by atoms with Crippen LogP contribution in [0.2, 0.25) is 0 Å². The molecule has 1 aliphatic rings. The maximum atomic E-state index is 5.52. The Kier molecular flexibility index (Phi) is 4.26. The predicted octanol–water partition coefficient (Wildman–Crippen LogP) is 2.40. The smallest absolute Gasteiger partial charge is 0.142 e. The molecule has 94 valence electrons. The Bertz CT molecular complexity index is 359. The van der Waals surface area contributed by atoms with Crippen LogP contribution in [0.25, 0.3) is 0 Å². The van der Waals surface area contributed by atoms with Crippen molar-refractivity contribution in [2.75, 3.05) is 32.1 Å². The van der Waals surface area contributed by atoms with Gasteiger partial charge in [-0.15, -0.1) is 0 Å². The van der Waals surface area contributed by atoms with Gasteiger partial charge >= 0.3 is 0 Å². The molecule has 1 N–H and O–H groups in total. The van der Waals surface area contributed by atoms with Crippen molar-refractivity contribution in [1.82, 2.24) is 5.32 Å². The number of para-hydroxylation sites is 1. The SMILES string of the molecule is CNCc1cccc(OC)c1N1CCCCC1. The summed E-state index contributed by atoms with van der Waals surface area (Å²) >= 11 is 0. The molecule has 1 fully saturated rings.